The van der Waals surface area contributed by atoms with E-state index in [1.165, 1.54) is 11.1 Å². The van der Waals surface area contributed by atoms with Crippen molar-refractivity contribution in [1.29, 1.82) is 0 Å². The zero-order valence-electron chi connectivity index (χ0n) is 16.4. The number of carbonyl (C=O) groups excluding carboxylic acids is 1. The van der Waals surface area contributed by atoms with Crippen LogP contribution in [0.4, 0.5) is 11.6 Å². The van der Waals surface area contributed by atoms with Gasteiger partial charge in [-0.3, -0.25) is 9.78 Å². The van der Waals surface area contributed by atoms with Crippen molar-refractivity contribution < 1.29 is 4.79 Å². The van der Waals surface area contributed by atoms with E-state index in [4.69, 9.17) is 0 Å². The summed E-state index contributed by atoms with van der Waals surface area (Å²) in [5.74, 6) is 0.500. The highest BCUT2D eigenvalue weighted by molar-refractivity contribution is 6.10. The van der Waals surface area contributed by atoms with Crippen LogP contribution in [0.25, 0.3) is 11.3 Å². The fourth-order valence-electron chi connectivity index (χ4n) is 3.56. The van der Waals surface area contributed by atoms with E-state index in [0.29, 0.717) is 23.8 Å². The van der Waals surface area contributed by atoms with E-state index < -0.39 is 0 Å². The molecule has 28 heavy (non-hydrogen) atoms. The number of rotatable bonds is 3. The molecule has 0 saturated carbocycles. The number of hydrogen-bond donors (Lipinski definition) is 0. The van der Waals surface area contributed by atoms with E-state index in [2.05, 4.69) is 34.0 Å². The fraction of sp³-hybridized carbons (Fsp3) is 0.273. The van der Waals surface area contributed by atoms with Gasteiger partial charge < -0.3 is 9.80 Å². The molecule has 0 aliphatic carbocycles. The molecular weight excluding hydrogens is 350 g/mol. The van der Waals surface area contributed by atoms with E-state index in [0.717, 1.165) is 24.1 Å². The minimum atomic E-state index is -0.0677. The molecule has 0 atom stereocenters. The van der Waals surface area contributed by atoms with E-state index in [-0.39, 0.29) is 5.91 Å². The second-order valence-electron chi connectivity index (χ2n) is 7.26. The molecule has 1 aliphatic rings. The van der Waals surface area contributed by atoms with Crippen molar-refractivity contribution in [2.24, 2.45) is 0 Å². The lowest BCUT2D eigenvalue weighted by molar-refractivity contribution is 0.0985. The van der Waals surface area contributed by atoms with Crippen molar-refractivity contribution in [1.82, 2.24) is 15.0 Å². The van der Waals surface area contributed by atoms with Crippen molar-refractivity contribution in [3.8, 4) is 11.3 Å². The van der Waals surface area contributed by atoms with Gasteiger partial charge in [-0.05, 0) is 43.5 Å². The first-order chi connectivity index (χ1) is 13.5. The van der Waals surface area contributed by atoms with Crippen molar-refractivity contribution in [2.75, 3.05) is 30.4 Å². The molecule has 0 saturated heterocycles. The topological polar surface area (TPSA) is 62.2 Å². The lowest BCUT2D eigenvalue weighted by Crippen LogP contribution is -2.36. The second kappa shape index (κ2) is 7.38. The summed E-state index contributed by atoms with van der Waals surface area (Å²) in [5.41, 5.74) is 5.40. The van der Waals surface area contributed by atoms with E-state index in [1.807, 2.05) is 42.1 Å². The van der Waals surface area contributed by atoms with Crippen LogP contribution in [0.3, 0.4) is 0 Å². The summed E-state index contributed by atoms with van der Waals surface area (Å²) in [5, 5.41) is 0. The maximum Gasteiger partial charge on any atom is 0.262 e. The van der Waals surface area contributed by atoms with Crippen LogP contribution in [0.5, 0.6) is 0 Å². The molecule has 2 aromatic heterocycles. The first-order valence-electron chi connectivity index (χ1n) is 9.41. The minimum Gasteiger partial charge on any atom is -0.347 e. The number of hydrogen-bond acceptors (Lipinski definition) is 5. The second-order valence-corrected chi connectivity index (χ2v) is 7.26. The SMILES string of the molecule is Cc1ccc2c(c1)CCCN2C(=O)c1cnc(N(C)C)nc1-c1ccncc1. The molecule has 0 bridgehead atoms. The predicted octanol–water partition coefficient (Wildman–Crippen LogP) is 3.51. The number of aromatic nitrogens is 3. The summed E-state index contributed by atoms with van der Waals surface area (Å²) in [4.78, 5) is 30.4. The molecule has 6 nitrogen and oxygen atoms in total. The Morgan fingerprint density at radius 1 is 1.14 bits per heavy atom. The monoisotopic (exact) mass is 373 g/mol. The molecule has 1 aromatic carbocycles. The van der Waals surface area contributed by atoms with E-state index in [1.54, 1.807) is 18.6 Å². The quantitative estimate of drug-likeness (QED) is 0.703. The molecule has 0 fully saturated rings. The minimum absolute atomic E-state index is 0.0677. The van der Waals surface area contributed by atoms with Gasteiger partial charge in [0.25, 0.3) is 5.91 Å². The van der Waals surface area contributed by atoms with Gasteiger partial charge >= 0.3 is 0 Å². The van der Waals surface area contributed by atoms with Crippen LogP contribution in [0.15, 0.2) is 48.9 Å². The number of carbonyl (C=O) groups is 1. The van der Waals surface area contributed by atoms with Gasteiger partial charge in [0.2, 0.25) is 5.95 Å². The van der Waals surface area contributed by atoms with Gasteiger partial charge in [0.05, 0.1) is 11.3 Å². The summed E-state index contributed by atoms with van der Waals surface area (Å²) < 4.78 is 0. The number of aryl methyl sites for hydroxylation is 2. The summed E-state index contributed by atoms with van der Waals surface area (Å²) in [7, 11) is 3.77. The van der Waals surface area contributed by atoms with Crippen LogP contribution in [0.1, 0.15) is 27.9 Å². The molecule has 142 valence electrons. The molecular formula is C22H23N5O. The molecule has 6 heteroatoms. The van der Waals surface area contributed by atoms with Crippen LogP contribution in [0, 0.1) is 6.92 Å². The number of pyridine rings is 1. The Morgan fingerprint density at radius 3 is 2.68 bits per heavy atom. The van der Waals surface area contributed by atoms with Gasteiger partial charge in [0.15, 0.2) is 0 Å². The molecule has 1 aliphatic heterocycles. The van der Waals surface area contributed by atoms with Gasteiger partial charge in [-0.15, -0.1) is 0 Å². The number of benzene rings is 1. The molecule has 0 unspecified atom stereocenters. The van der Waals surface area contributed by atoms with Gasteiger partial charge in [-0.2, -0.15) is 0 Å². The molecule has 3 aromatic rings. The Bertz CT molecular complexity index is 1020. The Labute approximate surface area is 164 Å². The largest absolute Gasteiger partial charge is 0.347 e. The summed E-state index contributed by atoms with van der Waals surface area (Å²) >= 11 is 0. The van der Waals surface area contributed by atoms with Crippen LogP contribution in [-0.4, -0.2) is 41.5 Å². The summed E-state index contributed by atoms with van der Waals surface area (Å²) in [6.45, 7) is 2.77. The first-order valence-corrected chi connectivity index (χ1v) is 9.41. The Hall–Kier alpha value is -3.28. The Balaban J connectivity index is 1.81. The zero-order valence-corrected chi connectivity index (χ0v) is 16.4. The summed E-state index contributed by atoms with van der Waals surface area (Å²) in [6, 6.07) is 10.0. The van der Waals surface area contributed by atoms with Crippen molar-refractivity contribution in [2.45, 2.75) is 19.8 Å². The average molecular weight is 373 g/mol. The average Bonchev–Trinajstić information content (AvgIpc) is 2.72. The fourth-order valence-corrected chi connectivity index (χ4v) is 3.56. The Morgan fingerprint density at radius 2 is 1.93 bits per heavy atom. The predicted molar refractivity (Wildman–Crippen MR) is 111 cm³/mol. The third-order valence-electron chi connectivity index (χ3n) is 4.96. The van der Waals surface area contributed by atoms with Crippen molar-refractivity contribution >= 4 is 17.5 Å². The molecule has 1 amide bonds. The molecule has 0 spiro atoms. The number of fused-ring (bicyclic) bond motifs is 1. The highest BCUT2D eigenvalue weighted by Crippen LogP contribution is 2.31. The third-order valence-corrected chi connectivity index (χ3v) is 4.96. The number of nitrogens with zero attached hydrogens (tertiary/aromatic N) is 5. The maximum atomic E-state index is 13.5. The molecule has 3 heterocycles. The van der Waals surface area contributed by atoms with Gasteiger partial charge in [0, 0.05) is 50.5 Å². The highest BCUT2D eigenvalue weighted by atomic mass is 16.2. The first kappa shape index (κ1) is 18.1. The van der Waals surface area contributed by atoms with Gasteiger partial charge in [0.1, 0.15) is 0 Å². The smallest absolute Gasteiger partial charge is 0.262 e. The van der Waals surface area contributed by atoms with Crippen LogP contribution >= 0.6 is 0 Å². The highest BCUT2D eigenvalue weighted by Gasteiger charge is 2.27. The van der Waals surface area contributed by atoms with Gasteiger partial charge in [-0.1, -0.05) is 17.7 Å². The number of anilines is 2. The molecule has 0 N–H and O–H groups in total. The zero-order chi connectivity index (χ0) is 19.7. The van der Waals surface area contributed by atoms with Crippen LogP contribution < -0.4 is 9.80 Å². The van der Waals surface area contributed by atoms with Crippen LogP contribution in [0.2, 0.25) is 0 Å². The van der Waals surface area contributed by atoms with Crippen LogP contribution in [-0.2, 0) is 6.42 Å². The normalized spacial score (nSPS) is 13.2. The molecule has 4 rings (SSSR count). The van der Waals surface area contributed by atoms with Gasteiger partial charge in [-0.25, -0.2) is 9.97 Å². The Kier molecular flexibility index (Phi) is 4.77. The lowest BCUT2D eigenvalue weighted by atomic mass is 9.98. The summed E-state index contributed by atoms with van der Waals surface area (Å²) in [6.07, 6.45) is 7.00. The molecule has 0 radical (unpaired) electrons. The lowest BCUT2D eigenvalue weighted by Gasteiger charge is -2.30. The van der Waals surface area contributed by atoms with Crippen molar-refractivity contribution in [3.63, 3.8) is 0 Å². The third kappa shape index (κ3) is 3.33. The van der Waals surface area contributed by atoms with Crippen molar-refractivity contribution in [3.05, 3.63) is 65.6 Å². The standard InChI is InChI=1S/C22H23N5O/c1-15-6-7-19-17(13-15)5-4-12-27(19)21(28)18-14-24-22(26(2)3)25-20(18)16-8-10-23-11-9-16/h6-11,13-14H,4-5,12H2,1-3H3. The maximum absolute atomic E-state index is 13.5. The van der Waals surface area contributed by atoms with E-state index in [9.17, 15) is 4.79 Å². The van der Waals surface area contributed by atoms with E-state index >= 15 is 0 Å². The number of amides is 1.